The lowest BCUT2D eigenvalue weighted by Crippen LogP contribution is -2.44. The Balaban J connectivity index is 1.52. The first-order valence-corrected chi connectivity index (χ1v) is 10.7. The van der Waals surface area contributed by atoms with E-state index in [-0.39, 0.29) is 6.61 Å². The molecular formula is C24H23BrN2O4. The number of hydrogen-bond donors (Lipinski definition) is 2. The Hall–Kier alpha value is -3.32. The van der Waals surface area contributed by atoms with E-state index in [2.05, 4.69) is 26.8 Å². The van der Waals surface area contributed by atoms with Crippen LogP contribution in [0.1, 0.15) is 23.7 Å². The largest absolute Gasteiger partial charge is 0.493 e. The number of carbonyl (C=O) groups excluding carboxylic acids is 2. The minimum Gasteiger partial charge on any atom is -0.493 e. The molecule has 3 aromatic carbocycles. The van der Waals surface area contributed by atoms with Gasteiger partial charge >= 0.3 is 0 Å². The van der Waals surface area contributed by atoms with E-state index < -0.39 is 11.8 Å². The molecule has 3 rings (SSSR count). The monoisotopic (exact) mass is 482 g/mol. The number of para-hydroxylation sites is 1. The zero-order valence-electron chi connectivity index (χ0n) is 17.1. The van der Waals surface area contributed by atoms with Crippen molar-refractivity contribution in [1.29, 1.82) is 0 Å². The van der Waals surface area contributed by atoms with Crippen molar-refractivity contribution in [1.82, 2.24) is 10.9 Å². The summed E-state index contributed by atoms with van der Waals surface area (Å²) in [5.74, 6) is 0.0436. The van der Waals surface area contributed by atoms with E-state index in [0.29, 0.717) is 23.7 Å². The summed E-state index contributed by atoms with van der Waals surface area (Å²) in [6.45, 7) is 2.23. The van der Waals surface area contributed by atoms with Crippen LogP contribution in [0.25, 0.3) is 11.1 Å². The van der Waals surface area contributed by atoms with Crippen molar-refractivity contribution in [3.8, 4) is 22.6 Å². The highest BCUT2D eigenvalue weighted by atomic mass is 79.9. The fraction of sp³-hybridized carbons (Fsp3) is 0.167. The summed E-state index contributed by atoms with van der Waals surface area (Å²) < 4.78 is 11.9. The van der Waals surface area contributed by atoms with Gasteiger partial charge in [-0.2, -0.15) is 0 Å². The van der Waals surface area contributed by atoms with Crippen LogP contribution in [0.2, 0.25) is 0 Å². The number of nitrogens with one attached hydrogen (secondary N) is 2. The third-order valence-electron chi connectivity index (χ3n) is 4.31. The van der Waals surface area contributed by atoms with Crippen LogP contribution in [-0.2, 0) is 4.79 Å². The molecule has 31 heavy (non-hydrogen) atoms. The van der Waals surface area contributed by atoms with E-state index in [4.69, 9.17) is 9.47 Å². The molecule has 0 atom stereocenters. The first kappa shape index (κ1) is 22.4. The van der Waals surface area contributed by atoms with Crippen molar-refractivity contribution >= 4 is 27.7 Å². The normalized spacial score (nSPS) is 10.3. The predicted molar refractivity (Wildman–Crippen MR) is 123 cm³/mol. The standard InChI is InChI=1S/C24H23BrN2O4/c1-2-14-30-21-11-7-6-10-19(21)24(29)27-26-23(28)16-31-22-13-12-18(15-20(22)25)17-8-4-3-5-9-17/h3-13,15H,2,14,16H2,1H3,(H,26,28)(H,27,29). The van der Waals surface area contributed by atoms with Crippen molar-refractivity contribution in [3.63, 3.8) is 0 Å². The van der Waals surface area contributed by atoms with Gasteiger partial charge in [-0.15, -0.1) is 0 Å². The lowest BCUT2D eigenvalue weighted by atomic mass is 10.1. The quantitative estimate of drug-likeness (QED) is 0.454. The lowest BCUT2D eigenvalue weighted by Gasteiger charge is -2.13. The van der Waals surface area contributed by atoms with Gasteiger partial charge in [-0.3, -0.25) is 20.4 Å². The van der Waals surface area contributed by atoms with Crippen LogP contribution in [0.4, 0.5) is 0 Å². The first-order chi connectivity index (χ1) is 15.1. The van der Waals surface area contributed by atoms with Crippen LogP contribution >= 0.6 is 15.9 Å². The van der Waals surface area contributed by atoms with Crippen LogP contribution in [-0.4, -0.2) is 25.0 Å². The van der Waals surface area contributed by atoms with Gasteiger partial charge in [0.1, 0.15) is 11.5 Å². The molecule has 0 saturated carbocycles. The molecule has 0 radical (unpaired) electrons. The second kappa shape index (κ2) is 11.2. The average molecular weight is 483 g/mol. The third-order valence-corrected chi connectivity index (χ3v) is 4.93. The van der Waals surface area contributed by atoms with E-state index in [9.17, 15) is 9.59 Å². The summed E-state index contributed by atoms with van der Waals surface area (Å²) in [5.41, 5.74) is 7.20. The topological polar surface area (TPSA) is 76.7 Å². The molecule has 0 aliphatic rings. The van der Waals surface area contributed by atoms with Gasteiger partial charge in [-0.25, -0.2) is 0 Å². The number of rotatable bonds is 8. The highest BCUT2D eigenvalue weighted by Gasteiger charge is 2.13. The SMILES string of the molecule is CCCOc1ccccc1C(=O)NNC(=O)COc1ccc(-c2ccccc2)cc1Br. The molecule has 0 saturated heterocycles. The van der Waals surface area contributed by atoms with Crippen LogP contribution in [0.3, 0.4) is 0 Å². The Morgan fingerprint density at radius 3 is 2.32 bits per heavy atom. The summed E-state index contributed by atoms with van der Waals surface area (Å²) in [5, 5.41) is 0. The van der Waals surface area contributed by atoms with Gasteiger partial charge in [-0.1, -0.05) is 55.5 Å². The molecule has 0 fully saturated rings. The van der Waals surface area contributed by atoms with E-state index in [1.165, 1.54) is 0 Å². The number of ether oxygens (including phenoxy) is 2. The Morgan fingerprint density at radius 2 is 1.58 bits per heavy atom. The van der Waals surface area contributed by atoms with E-state index in [1.807, 2.05) is 49.4 Å². The Bertz CT molecular complexity index is 1040. The molecule has 0 bridgehead atoms. The van der Waals surface area contributed by atoms with E-state index in [0.717, 1.165) is 22.0 Å². The summed E-state index contributed by atoms with van der Waals surface area (Å²) in [6, 6.07) is 22.4. The lowest BCUT2D eigenvalue weighted by molar-refractivity contribution is -0.123. The highest BCUT2D eigenvalue weighted by Crippen LogP contribution is 2.30. The van der Waals surface area contributed by atoms with E-state index >= 15 is 0 Å². The summed E-state index contributed by atoms with van der Waals surface area (Å²) >= 11 is 3.48. The predicted octanol–water partition coefficient (Wildman–Crippen LogP) is 4.74. The van der Waals surface area contributed by atoms with Crippen LogP contribution in [0.5, 0.6) is 11.5 Å². The Kier molecular flexibility index (Phi) is 8.06. The van der Waals surface area contributed by atoms with Gasteiger partial charge in [0.05, 0.1) is 16.6 Å². The summed E-state index contributed by atoms with van der Waals surface area (Å²) in [4.78, 5) is 24.5. The van der Waals surface area contributed by atoms with Gasteiger partial charge in [0.25, 0.3) is 11.8 Å². The van der Waals surface area contributed by atoms with Crippen molar-refractivity contribution in [2.45, 2.75) is 13.3 Å². The molecule has 0 heterocycles. The maximum Gasteiger partial charge on any atom is 0.276 e. The number of benzene rings is 3. The van der Waals surface area contributed by atoms with Crippen LogP contribution in [0.15, 0.2) is 77.3 Å². The molecule has 2 amide bonds. The van der Waals surface area contributed by atoms with Crippen molar-refractivity contribution in [3.05, 3.63) is 82.8 Å². The molecular weight excluding hydrogens is 460 g/mol. The molecule has 6 nitrogen and oxygen atoms in total. The van der Waals surface area contributed by atoms with Crippen molar-refractivity contribution < 1.29 is 19.1 Å². The molecule has 0 unspecified atom stereocenters. The maximum absolute atomic E-state index is 12.4. The minimum atomic E-state index is -0.487. The third kappa shape index (κ3) is 6.33. The zero-order valence-corrected chi connectivity index (χ0v) is 18.6. The Labute approximate surface area is 189 Å². The van der Waals surface area contributed by atoms with Crippen LogP contribution < -0.4 is 20.3 Å². The van der Waals surface area contributed by atoms with Gasteiger partial charge < -0.3 is 9.47 Å². The smallest absolute Gasteiger partial charge is 0.276 e. The summed E-state index contributed by atoms with van der Waals surface area (Å²) in [6.07, 6.45) is 0.825. The number of hydrogen-bond acceptors (Lipinski definition) is 4. The zero-order chi connectivity index (χ0) is 22.1. The highest BCUT2D eigenvalue weighted by molar-refractivity contribution is 9.10. The fourth-order valence-corrected chi connectivity index (χ4v) is 3.29. The molecule has 0 spiro atoms. The average Bonchev–Trinajstić information content (AvgIpc) is 2.81. The van der Waals surface area contributed by atoms with Crippen molar-refractivity contribution in [2.75, 3.05) is 13.2 Å². The van der Waals surface area contributed by atoms with Gasteiger partial charge in [0, 0.05) is 0 Å². The maximum atomic E-state index is 12.4. The van der Waals surface area contributed by atoms with Crippen LogP contribution in [0, 0.1) is 0 Å². The number of hydrazine groups is 1. The number of amides is 2. The van der Waals surface area contributed by atoms with Gasteiger partial charge in [0.15, 0.2) is 6.61 Å². The van der Waals surface area contributed by atoms with E-state index in [1.54, 1.807) is 30.3 Å². The summed E-state index contributed by atoms with van der Waals surface area (Å²) in [7, 11) is 0. The molecule has 0 aliphatic carbocycles. The second-order valence-corrected chi connectivity index (χ2v) is 7.50. The molecule has 3 aromatic rings. The molecule has 7 heteroatoms. The fourth-order valence-electron chi connectivity index (χ4n) is 2.79. The number of halogens is 1. The molecule has 160 valence electrons. The van der Waals surface area contributed by atoms with Gasteiger partial charge in [-0.05, 0) is 57.7 Å². The second-order valence-electron chi connectivity index (χ2n) is 6.65. The first-order valence-electron chi connectivity index (χ1n) is 9.87. The van der Waals surface area contributed by atoms with Crippen molar-refractivity contribution in [2.24, 2.45) is 0 Å². The molecule has 0 aliphatic heterocycles. The number of carbonyl (C=O) groups is 2. The molecule has 2 N–H and O–H groups in total. The van der Waals surface area contributed by atoms with Gasteiger partial charge in [0.2, 0.25) is 0 Å². The Morgan fingerprint density at radius 1 is 0.839 bits per heavy atom. The molecule has 0 aromatic heterocycles. The minimum absolute atomic E-state index is 0.252.